The number of nitrogens with zero attached hydrogens (tertiary/aromatic N) is 2. The van der Waals surface area contributed by atoms with Gasteiger partial charge in [-0.05, 0) is 43.2 Å². The van der Waals surface area contributed by atoms with Gasteiger partial charge in [-0.1, -0.05) is 0 Å². The van der Waals surface area contributed by atoms with Crippen molar-refractivity contribution in [2.45, 2.75) is 25.4 Å². The molecule has 0 unspecified atom stereocenters. The summed E-state index contributed by atoms with van der Waals surface area (Å²) in [5.74, 6) is -0.914. The molecule has 3 rings (SSSR count). The van der Waals surface area contributed by atoms with Gasteiger partial charge in [-0.25, -0.2) is 8.78 Å². The Morgan fingerprint density at radius 3 is 2.58 bits per heavy atom. The highest BCUT2D eigenvalue weighted by molar-refractivity contribution is 5.94. The molecule has 0 radical (unpaired) electrons. The highest BCUT2D eigenvalue weighted by atomic mass is 19.1. The zero-order valence-corrected chi connectivity index (χ0v) is 13.2. The number of nitrogens with one attached hydrogen (secondary N) is 1. The maximum atomic E-state index is 13.7. The van der Waals surface area contributed by atoms with E-state index in [1.807, 2.05) is 0 Å². The molecule has 0 spiro atoms. The van der Waals surface area contributed by atoms with Crippen LogP contribution in [0, 0.1) is 11.6 Å². The van der Waals surface area contributed by atoms with Crippen LogP contribution in [0.4, 0.5) is 8.78 Å². The van der Waals surface area contributed by atoms with Crippen molar-refractivity contribution < 1.29 is 13.6 Å². The molecule has 1 aromatic carbocycles. The van der Waals surface area contributed by atoms with Crippen molar-refractivity contribution in [3.63, 3.8) is 0 Å². The molecule has 0 atom stereocenters. The summed E-state index contributed by atoms with van der Waals surface area (Å²) in [5, 5.41) is 3.01. The SMILES string of the molecule is O=C(NC1CCN(Cc2cc(F)ccc2F)CC1)c1ccncc1. The smallest absolute Gasteiger partial charge is 0.251 e. The Bertz CT molecular complexity index is 701. The zero-order valence-electron chi connectivity index (χ0n) is 13.2. The Kier molecular flexibility index (Phi) is 5.15. The van der Waals surface area contributed by atoms with E-state index in [2.05, 4.69) is 15.2 Å². The van der Waals surface area contributed by atoms with Crippen molar-refractivity contribution in [2.24, 2.45) is 0 Å². The molecule has 1 aliphatic heterocycles. The summed E-state index contributed by atoms with van der Waals surface area (Å²) in [5.41, 5.74) is 0.962. The van der Waals surface area contributed by atoms with Gasteiger partial charge >= 0.3 is 0 Å². The van der Waals surface area contributed by atoms with E-state index < -0.39 is 5.82 Å². The number of carbonyl (C=O) groups is 1. The number of pyridine rings is 1. The first-order chi connectivity index (χ1) is 11.6. The van der Waals surface area contributed by atoms with Crippen molar-refractivity contribution in [3.8, 4) is 0 Å². The van der Waals surface area contributed by atoms with Crippen molar-refractivity contribution in [2.75, 3.05) is 13.1 Å². The van der Waals surface area contributed by atoms with Gasteiger partial charge in [0.1, 0.15) is 11.6 Å². The Balaban J connectivity index is 1.51. The number of hydrogen-bond acceptors (Lipinski definition) is 3. The predicted octanol–water partition coefficient (Wildman–Crippen LogP) is 2.75. The minimum absolute atomic E-state index is 0.0965. The number of rotatable bonds is 4. The summed E-state index contributed by atoms with van der Waals surface area (Å²) < 4.78 is 26.9. The monoisotopic (exact) mass is 331 g/mol. The quantitative estimate of drug-likeness (QED) is 0.937. The van der Waals surface area contributed by atoms with E-state index in [4.69, 9.17) is 0 Å². The number of benzene rings is 1. The third-order valence-corrected chi connectivity index (χ3v) is 4.27. The lowest BCUT2D eigenvalue weighted by Crippen LogP contribution is -2.44. The molecule has 1 saturated heterocycles. The van der Waals surface area contributed by atoms with Gasteiger partial charge in [-0.15, -0.1) is 0 Å². The van der Waals surface area contributed by atoms with Crippen LogP contribution in [0.5, 0.6) is 0 Å². The number of amides is 1. The summed E-state index contributed by atoms with van der Waals surface area (Å²) >= 11 is 0. The van der Waals surface area contributed by atoms with Crippen LogP contribution >= 0.6 is 0 Å². The first-order valence-electron chi connectivity index (χ1n) is 7.99. The van der Waals surface area contributed by atoms with E-state index in [0.717, 1.165) is 38.1 Å². The standard InChI is InChI=1S/C18H19F2N3O/c19-15-1-2-17(20)14(11-15)12-23-9-5-16(6-10-23)22-18(24)13-3-7-21-8-4-13/h1-4,7-8,11,16H,5-6,9-10,12H2,(H,22,24). The van der Waals surface area contributed by atoms with Gasteiger partial charge in [0.15, 0.2) is 0 Å². The molecule has 24 heavy (non-hydrogen) atoms. The van der Waals surface area contributed by atoms with E-state index in [9.17, 15) is 13.6 Å². The lowest BCUT2D eigenvalue weighted by Gasteiger charge is -2.32. The second kappa shape index (κ2) is 7.49. The molecular formula is C18H19F2N3O. The van der Waals surface area contributed by atoms with Crippen LogP contribution < -0.4 is 5.32 Å². The summed E-state index contributed by atoms with van der Waals surface area (Å²) in [7, 11) is 0. The van der Waals surface area contributed by atoms with Crippen molar-refractivity contribution >= 4 is 5.91 Å². The minimum atomic E-state index is -0.425. The third kappa shape index (κ3) is 4.14. The Morgan fingerprint density at radius 2 is 1.88 bits per heavy atom. The molecule has 4 nitrogen and oxygen atoms in total. The Labute approximate surface area is 139 Å². The number of halogens is 2. The van der Waals surface area contributed by atoms with Crippen molar-refractivity contribution in [1.29, 1.82) is 0 Å². The van der Waals surface area contributed by atoms with Crippen LogP contribution in [0.1, 0.15) is 28.8 Å². The number of piperidine rings is 1. The number of carbonyl (C=O) groups excluding carboxylic acids is 1. The molecule has 1 fully saturated rings. The fourth-order valence-electron chi connectivity index (χ4n) is 2.91. The number of hydrogen-bond donors (Lipinski definition) is 1. The summed E-state index contributed by atoms with van der Waals surface area (Å²) in [6.45, 7) is 1.85. The molecule has 1 N–H and O–H groups in total. The average molecular weight is 331 g/mol. The fourth-order valence-corrected chi connectivity index (χ4v) is 2.91. The molecule has 6 heteroatoms. The van der Waals surface area contributed by atoms with E-state index in [-0.39, 0.29) is 17.8 Å². The topological polar surface area (TPSA) is 45.2 Å². The van der Waals surface area contributed by atoms with Gasteiger partial charge in [0.25, 0.3) is 5.91 Å². The van der Waals surface area contributed by atoms with Gasteiger partial charge < -0.3 is 5.32 Å². The van der Waals surface area contributed by atoms with Gasteiger partial charge in [0.05, 0.1) is 0 Å². The first-order valence-corrected chi connectivity index (χ1v) is 7.99. The molecule has 2 heterocycles. The van der Waals surface area contributed by atoms with Gasteiger partial charge in [-0.3, -0.25) is 14.7 Å². The lowest BCUT2D eigenvalue weighted by molar-refractivity contribution is 0.0908. The van der Waals surface area contributed by atoms with Crippen LogP contribution in [0.25, 0.3) is 0 Å². The maximum absolute atomic E-state index is 13.7. The minimum Gasteiger partial charge on any atom is -0.349 e. The van der Waals surface area contributed by atoms with Gasteiger partial charge in [0.2, 0.25) is 0 Å². The normalized spacial score (nSPS) is 16.1. The maximum Gasteiger partial charge on any atom is 0.251 e. The van der Waals surface area contributed by atoms with Crippen LogP contribution in [-0.4, -0.2) is 34.9 Å². The fraction of sp³-hybridized carbons (Fsp3) is 0.333. The molecule has 2 aromatic rings. The molecule has 0 aliphatic carbocycles. The Morgan fingerprint density at radius 1 is 1.17 bits per heavy atom. The highest BCUT2D eigenvalue weighted by Crippen LogP contribution is 2.17. The largest absolute Gasteiger partial charge is 0.349 e. The van der Waals surface area contributed by atoms with Crippen LogP contribution in [0.15, 0.2) is 42.7 Å². The van der Waals surface area contributed by atoms with Crippen LogP contribution in [0.3, 0.4) is 0 Å². The highest BCUT2D eigenvalue weighted by Gasteiger charge is 2.22. The van der Waals surface area contributed by atoms with Gasteiger partial charge in [-0.2, -0.15) is 0 Å². The number of likely N-dealkylation sites (tertiary alicyclic amines) is 1. The average Bonchev–Trinajstić information content (AvgIpc) is 2.60. The lowest BCUT2D eigenvalue weighted by atomic mass is 10.0. The second-order valence-electron chi connectivity index (χ2n) is 6.00. The molecular weight excluding hydrogens is 312 g/mol. The molecule has 126 valence electrons. The van der Waals surface area contributed by atoms with Gasteiger partial charge in [0, 0.05) is 49.2 Å². The summed E-state index contributed by atoms with van der Waals surface area (Å²) in [6, 6.07) is 6.98. The van der Waals surface area contributed by atoms with E-state index in [1.54, 1.807) is 24.5 Å². The second-order valence-corrected chi connectivity index (χ2v) is 6.00. The van der Waals surface area contributed by atoms with Crippen molar-refractivity contribution in [3.05, 3.63) is 65.5 Å². The van der Waals surface area contributed by atoms with Crippen LogP contribution in [0.2, 0.25) is 0 Å². The molecule has 1 aliphatic rings. The Hall–Kier alpha value is -2.34. The van der Waals surface area contributed by atoms with E-state index in [1.165, 1.54) is 6.07 Å². The molecule has 1 amide bonds. The molecule has 0 bridgehead atoms. The van der Waals surface area contributed by atoms with Crippen molar-refractivity contribution in [1.82, 2.24) is 15.2 Å². The first kappa shape index (κ1) is 16.5. The zero-order chi connectivity index (χ0) is 16.9. The number of aromatic nitrogens is 1. The molecule has 0 saturated carbocycles. The summed E-state index contributed by atoms with van der Waals surface area (Å²) in [4.78, 5) is 18.1. The predicted molar refractivity (Wildman–Crippen MR) is 86.4 cm³/mol. The van der Waals surface area contributed by atoms with E-state index >= 15 is 0 Å². The molecule has 1 aromatic heterocycles. The van der Waals surface area contributed by atoms with E-state index in [0.29, 0.717) is 17.7 Å². The van der Waals surface area contributed by atoms with Crippen LogP contribution in [-0.2, 0) is 6.54 Å². The third-order valence-electron chi connectivity index (χ3n) is 4.27. The summed E-state index contributed by atoms with van der Waals surface area (Å²) in [6.07, 6.45) is 4.75.